The van der Waals surface area contributed by atoms with Crippen LogP contribution in [0.5, 0.6) is 0 Å². The zero-order chi connectivity index (χ0) is 16.8. The zero-order valence-corrected chi connectivity index (χ0v) is 13.7. The van der Waals surface area contributed by atoms with Crippen LogP contribution in [0.25, 0.3) is 0 Å². The second-order valence-corrected chi connectivity index (χ2v) is 6.39. The number of hydrogen-bond donors (Lipinski definition) is 2. The molecule has 2 aliphatic heterocycles. The van der Waals surface area contributed by atoms with Gasteiger partial charge in [-0.2, -0.15) is 0 Å². The predicted octanol–water partition coefficient (Wildman–Crippen LogP) is 0.867. The van der Waals surface area contributed by atoms with Gasteiger partial charge in [-0.1, -0.05) is 0 Å². The first kappa shape index (κ1) is 17.0. The Kier molecular flexibility index (Phi) is 5.92. The third-order valence-corrected chi connectivity index (χ3v) is 4.49. The van der Waals surface area contributed by atoms with E-state index >= 15 is 0 Å². The number of ether oxygens (including phenoxy) is 1. The number of nitrogens with zero attached hydrogens (tertiary/aromatic N) is 3. The topological polar surface area (TPSA) is 79.4 Å². The summed E-state index contributed by atoms with van der Waals surface area (Å²) in [6.07, 6.45) is 6.66. The van der Waals surface area contributed by atoms with E-state index in [1.165, 1.54) is 6.33 Å². The van der Waals surface area contributed by atoms with Crippen molar-refractivity contribution in [3.05, 3.63) is 24.3 Å². The maximum Gasteiger partial charge on any atom is 0.314 e. The van der Waals surface area contributed by atoms with E-state index < -0.39 is 6.17 Å². The number of likely N-dealkylation sites (tertiary alicyclic amines) is 1. The monoisotopic (exact) mass is 337 g/mol. The highest BCUT2D eigenvalue weighted by atomic mass is 19.1. The summed E-state index contributed by atoms with van der Waals surface area (Å²) < 4.78 is 19.3. The number of carbonyl (C=O) groups is 1. The normalized spacial score (nSPS) is 27.3. The van der Waals surface area contributed by atoms with Gasteiger partial charge in [-0.25, -0.2) is 19.2 Å². The highest BCUT2D eigenvalue weighted by molar-refractivity contribution is 5.73. The molecule has 132 valence electrons. The fraction of sp³-hybridized carbons (Fsp3) is 0.688. The second-order valence-electron chi connectivity index (χ2n) is 6.39. The Morgan fingerprint density at radius 2 is 2.12 bits per heavy atom. The molecular formula is C16H24FN5O2. The maximum atomic E-state index is 13.8. The third kappa shape index (κ3) is 4.85. The van der Waals surface area contributed by atoms with Gasteiger partial charge >= 0.3 is 6.03 Å². The molecule has 0 radical (unpaired) electrons. The van der Waals surface area contributed by atoms with Crippen LogP contribution in [-0.2, 0) is 11.3 Å². The van der Waals surface area contributed by atoms with Crippen LogP contribution in [0.3, 0.4) is 0 Å². The van der Waals surface area contributed by atoms with E-state index in [-0.39, 0.29) is 18.2 Å². The fourth-order valence-corrected chi connectivity index (χ4v) is 3.26. The summed E-state index contributed by atoms with van der Waals surface area (Å²) in [5.74, 6) is 0. The lowest BCUT2D eigenvalue weighted by Gasteiger charge is -2.24. The van der Waals surface area contributed by atoms with Crippen molar-refractivity contribution in [1.82, 2.24) is 25.5 Å². The van der Waals surface area contributed by atoms with Crippen molar-refractivity contribution in [2.45, 2.75) is 44.1 Å². The molecule has 1 aromatic rings. The van der Waals surface area contributed by atoms with Gasteiger partial charge in [0.25, 0.3) is 0 Å². The maximum absolute atomic E-state index is 13.8. The molecule has 2 N–H and O–H groups in total. The van der Waals surface area contributed by atoms with Crippen molar-refractivity contribution >= 4 is 6.03 Å². The predicted molar refractivity (Wildman–Crippen MR) is 86.1 cm³/mol. The Hall–Kier alpha value is -1.80. The Morgan fingerprint density at radius 3 is 2.88 bits per heavy atom. The molecule has 1 aromatic heterocycles. The van der Waals surface area contributed by atoms with Crippen molar-refractivity contribution in [2.75, 3.05) is 26.2 Å². The van der Waals surface area contributed by atoms with E-state index in [1.54, 1.807) is 12.4 Å². The van der Waals surface area contributed by atoms with Gasteiger partial charge in [-0.15, -0.1) is 0 Å². The van der Waals surface area contributed by atoms with E-state index in [0.29, 0.717) is 32.6 Å². The largest absolute Gasteiger partial charge is 0.376 e. The molecule has 0 saturated carbocycles. The van der Waals surface area contributed by atoms with Crippen LogP contribution in [0.4, 0.5) is 9.18 Å². The molecule has 0 bridgehead atoms. The van der Waals surface area contributed by atoms with E-state index in [1.807, 2.05) is 4.90 Å². The molecule has 0 aromatic carbocycles. The molecule has 0 aliphatic carbocycles. The molecule has 24 heavy (non-hydrogen) atoms. The summed E-state index contributed by atoms with van der Waals surface area (Å²) >= 11 is 0. The zero-order valence-electron chi connectivity index (χ0n) is 13.7. The molecule has 0 spiro atoms. The summed E-state index contributed by atoms with van der Waals surface area (Å²) in [4.78, 5) is 21.9. The van der Waals surface area contributed by atoms with Gasteiger partial charge in [0, 0.05) is 56.8 Å². The molecule has 2 amide bonds. The quantitative estimate of drug-likeness (QED) is 0.805. The lowest BCUT2D eigenvalue weighted by molar-refractivity contribution is 0.111. The summed E-state index contributed by atoms with van der Waals surface area (Å²) in [7, 11) is 0. The number of aromatic nitrogens is 2. The van der Waals surface area contributed by atoms with Crippen LogP contribution in [0.1, 0.15) is 24.8 Å². The number of carbonyl (C=O) groups excluding carboxylic acids is 1. The van der Waals surface area contributed by atoms with Gasteiger partial charge in [-0.05, 0) is 19.3 Å². The van der Waals surface area contributed by atoms with Crippen molar-refractivity contribution in [1.29, 1.82) is 0 Å². The minimum Gasteiger partial charge on any atom is -0.376 e. The van der Waals surface area contributed by atoms with Gasteiger partial charge in [-0.3, -0.25) is 4.90 Å². The Balaban J connectivity index is 1.43. The molecule has 2 aliphatic rings. The minimum atomic E-state index is -0.864. The molecule has 3 rings (SSSR count). The highest BCUT2D eigenvalue weighted by Crippen LogP contribution is 2.22. The molecule has 7 nitrogen and oxygen atoms in total. The third-order valence-electron chi connectivity index (χ3n) is 4.49. The average molecular weight is 337 g/mol. The van der Waals surface area contributed by atoms with Gasteiger partial charge in [0.05, 0.1) is 6.10 Å². The molecule has 3 atom stereocenters. The molecular weight excluding hydrogens is 313 g/mol. The first-order valence-electron chi connectivity index (χ1n) is 8.46. The lowest BCUT2D eigenvalue weighted by atomic mass is 10.2. The van der Waals surface area contributed by atoms with Crippen molar-refractivity contribution < 1.29 is 13.9 Å². The summed E-state index contributed by atoms with van der Waals surface area (Å²) in [5, 5.41) is 5.66. The van der Waals surface area contributed by atoms with E-state index in [0.717, 1.165) is 25.0 Å². The number of hydrogen-bond acceptors (Lipinski definition) is 5. The Morgan fingerprint density at radius 1 is 1.33 bits per heavy atom. The number of rotatable bonds is 6. The van der Waals surface area contributed by atoms with Crippen LogP contribution in [0.2, 0.25) is 0 Å². The molecule has 2 fully saturated rings. The summed E-state index contributed by atoms with van der Waals surface area (Å²) in [6, 6.07) is -0.246. The SMILES string of the molecule is O=C(NCC1CCCO1)NC[C@@H]1C[C@H](F)CN1Cc1cncnc1. The van der Waals surface area contributed by atoms with E-state index in [4.69, 9.17) is 4.74 Å². The molecule has 2 saturated heterocycles. The second kappa shape index (κ2) is 8.34. The smallest absolute Gasteiger partial charge is 0.314 e. The number of alkyl halides is 1. The summed E-state index contributed by atoms with van der Waals surface area (Å²) in [6.45, 7) is 2.68. The van der Waals surface area contributed by atoms with Crippen LogP contribution >= 0.6 is 0 Å². The highest BCUT2D eigenvalue weighted by Gasteiger charge is 2.32. The van der Waals surface area contributed by atoms with E-state index in [2.05, 4.69) is 20.6 Å². The number of urea groups is 1. The van der Waals surface area contributed by atoms with Crippen LogP contribution < -0.4 is 10.6 Å². The first-order valence-corrected chi connectivity index (χ1v) is 8.46. The van der Waals surface area contributed by atoms with Crippen molar-refractivity contribution in [3.8, 4) is 0 Å². The van der Waals surface area contributed by atoms with Crippen LogP contribution in [0, 0.1) is 0 Å². The standard InChI is InChI=1S/C16H24FN5O2/c17-13-4-14(22(10-13)9-12-5-18-11-19-6-12)7-20-16(23)21-8-15-2-1-3-24-15/h5-6,11,13-15H,1-4,7-10H2,(H2,20,21,23)/t13-,14-,15?/m0/s1. The first-order chi connectivity index (χ1) is 11.7. The number of amides is 2. The Labute approximate surface area is 141 Å². The number of nitrogens with one attached hydrogen (secondary N) is 2. The van der Waals surface area contributed by atoms with Crippen LogP contribution in [0.15, 0.2) is 18.7 Å². The van der Waals surface area contributed by atoms with Crippen molar-refractivity contribution in [2.24, 2.45) is 0 Å². The fourth-order valence-electron chi connectivity index (χ4n) is 3.26. The summed E-state index contributed by atoms with van der Waals surface area (Å²) in [5.41, 5.74) is 0.944. The number of halogens is 1. The van der Waals surface area contributed by atoms with Gasteiger partial charge in [0.15, 0.2) is 0 Å². The lowest BCUT2D eigenvalue weighted by Crippen LogP contribution is -2.45. The Bertz CT molecular complexity index is 526. The molecule has 1 unspecified atom stereocenters. The van der Waals surface area contributed by atoms with Gasteiger partial charge in [0.1, 0.15) is 12.5 Å². The van der Waals surface area contributed by atoms with Gasteiger partial charge < -0.3 is 15.4 Å². The van der Waals surface area contributed by atoms with Gasteiger partial charge in [0.2, 0.25) is 0 Å². The van der Waals surface area contributed by atoms with Crippen molar-refractivity contribution in [3.63, 3.8) is 0 Å². The van der Waals surface area contributed by atoms with E-state index in [9.17, 15) is 9.18 Å². The average Bonchev–Trinajstić information content (AvgIpc) is 3.22. The minimum absolute atomic E-state index is 0.0197. The molecule has 8 heteroatoms. The molecule has 3 heterocycles. The van der Waals surface area contributed by atoms with Crippen LogP contribution in [-0.4, -0.2) is 65.5 Å².